The van der Waals surface area contributed by atoms with Gasteiger partial charge in [-0.15, -0.1) is 0 Å². The van der Waals surface area contributed by atoms with Crippen molar-refractivity contribution >= 4 is 12.0 Å². The van der Waals surface area contributed by atoms with Crippen LogP contribution >= 0.6 is 0 Å². The number of carbonyl (C=O) groups is 2. The van der Waals surface area contributed by atoms with Gasteiger partial charge in [0.2, 0.25) is 0 Å². The maximum absolute atomic E-state index is 13.2. The Labute approximate surface area is 202 Å². The molecule has 8 nitrogen and oxygen atoms in total. The summed E-state index contributed by atoms with van der Waals surface area (Å²) in [6.45, 7) is 6.62. The number of hydrogen-bond donors (Lipinski definition) is 1. The molecule has 34 heavy (non-hydrogen) atoms. The van der Waals surface area contributed by atoms with Crippen LogP contribution in [0.15, 0.2) is 30.3 Å². The van der Waals surface area contributed by atoms with Crippen LogP contribution in [0, 0.1) is 22.7 Å². The molecule has 1 N–H and O–H groups in total. The van der Waals surface area contributed by atoms with Crippen molar-refractivity contribution in [2.45, 2.75) is 64.7 Å². The van der Waals surface area contributed by atoms with Gasteiger partial charge < -0.3 is 24.4 Å². The van der Waals surface area contributed by atoms with Gasteiger partial charge in [0.25, 0.3) is 5.91 Å². The summed E-state index contributed by atoms with van der Waals surface area (Å²) in [5.41, 5.74) is 1.05. The smallest absolute Gasteiger partial charge is 0.410 e. The Morgan fingerprint density at radius 2 is 1.97 bits per heavy atom. The van der Waals surface area contributed by atoms with E-state index in [1.54, 1.807) is 4.90 Å². The van der Waals surface area contributed by atoms with Gasteiger partial charge in [-0.25, -0.2) is 4.79 Å². The molecule has 186 valence electrons. The molecular weight excluding hydrogens is 434 g/mol. The highest BCUT2D eigenvalue weighted by molar-refractivity contribution is 5.84. The Bertz CT molecular complexity index is 833. The SMILES string of the molecule is CC1(C)CCCCC1CC(OC(=O)N1CCOCC1)C(=O)NC(C#N)COCc1ccccc1. The first-order chi connectivity index (χ1) is 16.4. The number of rotatable bonds is 9. The van der Waals surface area contributed by atoms with E-state index >= 15 is 0 Å². The Hall–Kier alpha value is -2.63. The van der Waals surface area contributed by atoms with Gasteiger partial charge in [-0.3, -0.25) is 4.79 Å². The summed E-state index contributed by atoms with van der Waals surface area (Å²) in [6.07, 6.45) is 3.33. The largest absolute Gasteiger partial charge is 0.436 e. The molecule has 1 aromatic rings. The monoisotopic (exact) mass is 471 g/mol. The molecule has 3 rings (SSSR count). The third kappa shape index (κ3) is 7.71. The Morgan fingerprint density at radius 1 is 1.24 bits per heavy atom. The summed E-state index contributed by atoms with van der Waals surface area (Å²) in [4.78, 5) is 27.6. The average Bonchev–Trinajstić information content (AvgIpc) is 2.85. The second-order valence-corrected chi connectivity index (χ2v) is 9.83. The maximum Gasteiger partial charge on any atom is 0.410 e. The summed E-state index contributed by atoms with van der Waals surface area (Å²) < 4.78 is 16.7. The molecule has 1 aliphatic heterocycles. The quantitative estimate of drug-likeness (QED) is 0.590. The minimum absolute atomic E-state index is 0.0518. The van der Waals surface area contributed by atoms with E-state index in [9.17, 15) is 14.9 Å². The van der Waals surface area contributed by atoms with Crippen LogP contribution in [0.5, 0.6) is 0 Å². The first-order valence-electron chi connectivity index (χ1n) is 12.2. The highest BCUT2D eigenvalue weighted by Gasteiger charge is 2.38. The van der Waals surface area contributed by atoms with Crippen LogP contribution in [0.25, 0.3) is 0 Å². The topological polar surface area (TPSA) is 101 Å². The molecule has 1 aromatic carbocycles. The first-order valence-corrected chi connectivity index (χ1v) is 12.2. The number of benzene rings is 1. The fourth-order valence-electron chi connectivity index (χ4n) is 4.66. The summed E-state index contributed by atoms with van der Waals surface area (Å²) in [5, 5.41) is 12.3. The van der Waals surface area contributed by atoms with Gasteiger partial charge in [0.1, 0.15) is 6.04 Å². The van der Waals surface area contributed by atoms with Crippen molar-refractivity contribution in [3.63, 3.8) is 0 Å². The summed E-state index contributed by atoms with van der Waals surface area (Å²) in [6, 6.07) is 10.9. The fourth-order valence-corrected chi connectivity index (χ4v) is 4.66. The highest BCUT2D eigenvalue weighted by atomic mass is 16.6. The van der Waals surface area contributed by atoms with Crippen LogP contribution in [0.3, 0.4) is 0 Å². The number of nitrogens with one attached hydrogen (secondary N) is 1. The minimum atomic E-state index is -0.956. The van der Waals surface area contributed by atoms with Crippen LogP contribution in [-0.2, 0) is 25.6 Å². The second kappa shape index (κ2) is 12.7. The molecule has 0 bridgehead atoms. The lowest BCUT2D eigenvalue weighted by atomic mass is 9.67. The average molecular weight is 472 g/mol. The van der Waals surface area contributed by atoms with Gasteiger partial charge in [0, 0.05) is 13.1 Å². The minimum Gasteiger partial charge on any atom is -0.436 e. The van der Waals surface area contributed by atoms with Gasteiger partial charge in [-0.2, -0.15) is 5.26 Å². The Balaban J connectivity index is 1.61. The molecule has 3 atom stereocenters. The van der Waals surface area contributed by atoms with Crippen LogP contribution in [0.4, 0.5) is 4.79 Å². The van der Waals surface area contributed by atoms with Crippen molar-refractivity contribution in [3.05, 3.63) is 35.9 Å². The van der Waals surface area contributed by atoms with E-state index in [2.05, 4.69) is 25.2 Å². The number of amides is 2. The number of hydrogen-bond acceptors (Lipinski definition) is 6. The number of ether oxygens (including phenoxy) is 3. The van der Waals surface area contributed by atoms with Crippen molar-refractivity contribution < 1.29 is 23.8 Å². The van der Waals surface area contributed by atoms with E-state index in [4.69, 9.17) is 14.2 Å². The lowest BCUT2D eigenvalue weighted by molar-refractivity contribution is -0.133. The fraction of sp³-hybridized carbons (Fsp3) is 0.654. The zero-order valence-corrected chi connectivity index (χ0v) is 20.3. The van der Waals surface area contributed by atoms with E-state index < -0.39 is 24.1 Å². The molecule has 3 unspecified atom stereocenters. The molecular formula is C26H37N3O5. The maximum atomic E-state index is 13.2. The molecule has 1 saturated carbocycles. The van der Waals surface area contributed by atoms with Crippen LogP contribution in [-0.4, -0.2) is 62.0 Å². The lowest BCUT2D eigenvalue weighted by Crippen LogP contribution is -2.49. The molecule has 1 saturated heterocycles. The highest BCUT2D eigenvalue weighted by Crippen LogP contribution is 2.43. The van der Waals surface area contributed by atoms with Crippen molar-refractivity contribution in [1.29, 1.82) is 5.26 Å². The molecule has 1 heterocycles. The second-order valence-electron chi connectivity index (χ2n) is 9.83. The van der Waals surface area contributed by atoms with E-state index in [1.807, 2.05) is 30.3 Å². The Kier molecular flexibility index (Phi) is 9.73. The molecule has 2 aliphatic rings. The summed E-state index contributed by atoms with van der Waals surface area (Å²) in [7, 11) is 0. The van der Waals surface area contributed by atoms with E-state index in [0.717, 1.165) is 24.8 Å². The number of morpholine rings is 1. The van der Waals surface area contributed by atoms with Crippen molar-refractivity contribution in [2.75, 3.05) is 32.9 Å². The number of nitriles is 1. The summed E-state index contributed by atoms with van der Waals surface area (Å²) in [5.74, 6) is -0.192. The van der Waals surface area contributed by atoms with E-state index in [1.165, 1.54) is 6.42 Å². The zero-order valence-electron chi connectivity index (χ0n) is 20.3. The van der Waals surface area contributed by atoms with Crippen LogP contribution in [0.1, 0.15) is 51.5 Å². The van der Waals surface area contributed by atoms with Gasteiger partial charge in [0.15, 0.2) is 6.10 Å². The van der Waals surface area contributed by atoms with Gasteiger partial charge in [-0.1, -0.05) is 57.0 Å². The molecule has 2 amide bonds. The van der Waals surface area contributed by atoms with Gasteiger partial charge in [-0.05, 0) is 36.2 Å². The lowest BCUT2D eigenvalue weighted by Gasteiger charge is -2.40. The predicted molar refractivity (Wildman–Crippen MR) is 127 cm³/mol. The van der Waals surface area contributed by atoms with Crippen molar-refractivity contribution in [2.24, 2.45) is 11.3 Å². The van der Waals surface area contributed by atoms with Gasteiger partial charge >= 0.3 is 6.09 Å². The zero-order chi connectivity index (χ0) is 24.4. The van der Waals surface area contributed by atoms with Crippen molar-refractivity contribution in [1.82, 2.24) is 10.2 Å². The van der Waals surface area contributed by atoms with Crippen LogP contribution in [0.2, 0.25) is 0 Å². The summed E-state index contributed by atoms with van der Waals surface area (Å²) >= 11 is 0. The van der Waals surface area contributed by atoms with Crippen molar-refractivity contribution in [3.8, 4) is 6.07 Å². The third-order valence-electron chi connectivity index (χ3n) is 6.90. The molecule has 0 aromatic heterocycles. The molecule has 8 heteroatoms. The normalized spacial score (nSPS) is 21.7. The van der Waals surface area contributed by atoms with E-state index in [0.29, 0.717) is 39.3 Å². The Morgan fingerprint density at radius 3 is 2.65 bits per heavy atom. The number of nitrogens with zero attached hydrogens (tertiary/aromatic N) is 2. The molecule has 1 aliphatic carbocycles. The van der Waals surface area contributed by atoms with Gasteiger partial charge in [0.05, 0.1) is 32.5 Å². The first kappa shape index (κ1) is 26.0. The molecule has 0 spiro atoms. The standard InChI is InChI=1S/C26H37N3O5/c1-26(2)11-7-6-10-21(26)16-23(34-25(31)29-12-14-32-15-13-29)24(30)28-22(17-27)19-33-18-20-8-4-3-5-9-20/h3-5,8-9,21-23H,6-7,10-16,18-19H2,1-2H3,(H,28,30). The predicted octanol–water partition coefficient (Wildman–Crippen LogP) is 3.66. The number of carbonyl (C=O) groups excluding carboxylic acids is 2. The molecule has 0 radical (unpaired) electrons. The molecule has 2 fully saturated rings. The van der Waals surface area contributed by atoms with E-state index in [-0.39, 0.29) is 17.9 Å². The van der Waals surface area contributed by atoms with Crippen LogP contribution < -0.4 is 5.32 Å². The third-order valence-corrected chi connectivity index (χ3v) is 6.90.